The van der Waals surface area contributed by atoms with E-state index in [0.29, 0.717) is 0 Å². The molecule has 0 aliphatic rings. The highest BCUT2D eigenvalue weighted by Crippen LogP contribution is 2.42. The molecule has 0 amide bonds. The van der Waals surface area contributed by atoms with Gasteiger partial charge in [-0.1, -0.05) is 31.9 Å². The van der Waals surface area contributed by atoms with Gasteiger partial charge in [-0.05, 0) is 31.9 Å². The van der Waals surface area contributed by atoms with Crippen LogP contribution in [-0.2, 0) is 0 Å². The molecule has 5 heteroatoms. The summed E-state index contributed by atoms with van der Waals surface area (Å²) in [6, 6.07) is 0. The molecule has 0 N–H and O–H groups in total. The lowest BCUT2D eigenvalue weighted by molar-refractivity contribution is 1.51. The van der Waals surface area contributed by atoms with E-state index >= 15 is 0 Å². The van der Waals surface area contributed by atoms with Crippen molar-refractivity contribution < 1.29 is 0 Å². The van der Waals surface area contributed by atoms with Gasteiger partial charge in [-0.25, -0.2) is 0 Å². The van der Waals surface area contributed by atoms with Gasteiger partial charge in [0.15, 0.2) is 0 Å². The molecule has 0 atom stereocenters. The fraction of sp³-hybridized carbons (Fsp3) is 0.200. The molecule has 1 aromatic rings. The summed E-state index contributed by atoms with van der Waals surface area (Å²) < 4.78 is 2.47. The standard InChI is InChI=1S/C5H2Br4S/c6-2-1-10-4(3(2)7)5(8)9/h1,5H. The van der Waals surface area contributed by atoms with Gasteiger partial charge in [0.25, 0.3) is 0 Å². The van der Waals surface area contributed by atoms with E-state index in [0.717, 1.165) is 8.95 Å². The minimum Gasteiger partial charge on any atom is -0.144 e. The molecule has 0 saturated heterocycles. The first kappa shape index (κ1) is 9.71. The molecule has 0 spiro atoms. The molecule has 0 aliphatic heterocycles. The Kier molecular flexibility index (Phi) is 3.91. The quantitative estimate of drug-likeness (QED) is 0.564. The van der Waals surface area contributed by atoms with Crippen molar-refractivity contribution >= 4 is 75.1 Å². The molecule has 1 heterocycles. The summed E-state index contributed by atoms with van der Waals surface area (Å²) in [6.07, 6.45) is 0. The van der Waals surface area contributed by atoms with Crippen molar-refractivity contribution in [1.82, 2.24) is 0 Å². The average Bonchev–Trinajstić information content (AvgIpc) is 2.14. The van der Waals surface area contributed by atoms with Crippen molar-refractivity contribution in [2.75, 3.05) is 0 Å². The summed E-state index contributed by atoms with van der Waals surface area (Å²) in [5.41, 5.74) is 0. The summed E-state index contributed by atoms with van der Waals surface area (Å²) in [7, 11) is 0. The fourth-order valence-corrected chi connectivity index (χ4v) is 4.27. The van der Waals surface area contributed by atoms with E-state index in [9.17, 15) is 0 Å². The number of hydrogen-bond acceptors (Lipinski definition) is 1. The molecule has 10 heavy (non-hydrogen) atoms. The lowest BCUT2D eigenvalue weighted by Gasteiger charge is -1.96. The molecule has 56 valence electrons. The predicted molar refractivity (Wildman–Crippen MR) is 60.3 cm³/mol. The van der Waals surface area contributed by atoms with Crippen LogP contribution in [0.4, 0.5) is 0 Å². The van der Waals surface area contributed by atoms with Crippen molar-refractivity contribution in [3.63, 3.8) is 0 Å². The molecule has 0 radical (unpaired) electrons. The van der Waals surface area contributed by atoms with Crippen molar-refractivity contribution in [2.24, 2.45) is 0 Å². The van der Waals surface area contributed by atoms with Gasteiger partial charge in [-0.3, -0.25) is 0 Å². The third kappa shape index (κ3) is 2.06. The van der Waals surface area contributed by atoms with Crippen molar-refractivity contribution in [2.45, 2.75) is 3.74 Å². The first-order valence-electron chi connectivity index (χ1n) is 2.33. The first-order chi connectivity index (χ1) is 4.63. The number of alkyl halides is 2. The second-order valence-corrected chi connectivity index (χ2v) is 7.18. The topological polar surface area (TPSA) is 0 Å². The third-order valence-electron chi connectivity index (χ3n) is 0.914. The summed E-state index contributed by atoms with van der Waals surface area (Å²) >= 11 is 15.4. The first-order valence-corrected chi connectivity index (χ1v) is 6.63. The highest BCUT2D eigenvalue weighted by Gasteiger charge is 2.11. The van der Waals surface area contributed by atoms with E-state index in [1.165, 1.54) is 4.88 Å². The molecule has 0 nitrogen and oxygen atoms in total. The van der Waals surface area contributed by atoms with Gasteiger partial charge in [0, 0.05) is 19.2 Å². The van der Waals surface area contributed by atoms with Gasteiger partial charge in [0.05, 0.1) is 0 Å². The maximum Gasteiger partial charge on any atom is 0.105 e. The zero-order valence-corrected chi connectivity index (χ0v) is 11.7. The number of thiophene rings is 1. The Labute approximate surface area is 96.9 Å². The second-order valence-electron chi connectivity index (χ2n) is 1.56. The van der Waals surface area contributed by atoms with Gasteiger partial charge in [-0.2, -0.15) is 0 Å². The number of halogens is 4. The molecular weight excluding hydrogens is 412 g/mol. The van der Waals surface area contributed by atoms with Gasteiger partial charge in [0.1, 0.15) is 3.74 Å². The third-order valence-corrected chi connectivity index (χ3v) is 6.06. The maximum absolute atomic E-state index is 3.45. The van der Waals surface area contributed by atoms with Crippen LogP contribution in [0.5, 0.6) is 0 Å². The Morgan fingerprint density at radius 2 is 1.90 bits per heavy atom. The fourth-order valence-electron chi connectivity index (χ4n) is 0.484. The molecule has 0 unspecified atom stereocenters. The van der Waals surface area contributed by atoms with Crippen LogP contribution >= 0.6 is 75.1 Å². The normalized spacial score (nSPS) is 10.9. The Hall–Kier alpha value is 1.62. The van der Waals surface area contributed by atoms with E-state index in [-0.39, 0.29) is 3.74 Å². The minimum absolute atomic E-state index is 0.241. The SMILES string of the molecule is Brc1csc(C(Br)Br)c1Br. The van der Waals surface area contributed by atoms with Gasteiger partial charge < -0.3 is 0 Å². The monoisotopic (exact) mass is 410 g/mol. The highest BCUT2D eigenvalue weighted by atomic mass is 79.9. The van der Waals surface area contributed by atoms with Crippen LogP contribution in [0.2, 0.25) is 0 Å². The van der Waals surface area contributed by atoms with Crippen LogP contribution in [0.3, 0.4) is 0 Å². The molecule has 1 rings (SSSR count). The zero-order chi connectivity index (χ0) is 7.72. The summed E-state index contributed by atoms with van der Waals surface area (Å²) in [5.74, 6) is 0. The van der Waals surface area contributed by atoms with Gasteiger partial charge in [-0.15, -0.1) is 11.3 Å². The van der Waals surface area contributed by atoms with Crippen LogP contribution in [-0.4, -0.2) is 0 Å². The number of hydrogen-bond donors (Lipinski definition) is 0. The lowest BCUT2D eigenvalue weighted by atomic mass is 10.5. The summed E-state index contributed by atoms with van der Waals surface area (Å²) in [4.78, 5) is 1.24. The second kappa shape index (κ2) is 4.03. The van der Waals surface area contributed by atoms with Crippen LogP contribution in [0, 0.1) is 0 Å². The zero-order valence-electron chi connectivity index (χ0n) is 4.57. The minimum atomic E-state index is 0.241. The predicted octanol–water partition coefficient (Wildman–Crippen LogP) is 5.06. The highest BCUT2D eigenvalue weighted by molar-refractivity contribution is 9.24. The average molecular weight is 414 g/mol. The molecule has 0 aromatic carbocycles. The van der Waals surface area contributed by atoms with Crippen LogP contribution in [0.25, 0.3) is 0 Å². The van der Waals surface area contributed by atoms with Crippen LogP contribution < -0.4 is 0 Å². The Morgan fingerprint density at radius 1 is 1.30 bits per heavy atom. The maximum atomic E-state index is 3.45. The number of rotatable bonds is 1. The molecule has 1 aromatic heterocycles. The van der Waals surface area contributed by atoms with Crippen molar-refractivity contribution in [3.8, 4) is 0 Å². The largest absolute Gasteiger partial charge is 0.144 e. The van der Waals surface area contributed by atoms with E-state index in [1.807, 2.05) is 0 Å². The summed E-state index contributed by atoms with van der Waals surface area (Å²) in [5, 5.41) is 2.05. The summed E-state index contributed by atoms with van der Waals surface area (Å²) in [6.45, 7) is 0. The van der Waals surface area contributed by atoms with E-state index < -0.39 is 0 Å². The van der Waals surface area contributed by atoms with Crippen molar-refractivity contribution in [3.05, 3.63) is 19.2 Å². The Balaban J connectivity index is 3.05. The van der Waals surface area contributed by atoms with Gasteiger partial charge >= 0.3 is 0 Å². The molecule has 0 aliphatic carbocycles. The molecule has 0 fully saturated rings. The van der Waals surface area contributed by atoms with E-state index in [1.54, 1.807) is 11.3 Å². The van der Waals surface area contributed by atoms with Crippen molar-refractivity contribution in [1.29, 1.82) is 0 Å². The Bertz CT molecular complexity index is 230. The van der Waals surface area contributed by atoms with E-state index in [4.69, 9.17) is 0 Å². The van der Waals surface area contributed by atoms with Gasteiger partial charge in [0.2, 0.25) is 0 Å². The lowest BCUT2D eigenvalue weighted by Crippen LogP contribution is -1.71. The smallest absolute Gasteiger partial charge is 0.105 e. The molecule has 0 saturated carbocycles. The molecular formula is C5H2Br4S. The van der Waals surface area contributed by atoms with Crippen LogP contribution in [0.15, 0.2) is 14.3 Å². The Morgan fingerprint density at radius 3 is 2.10 bits per heavy atom. The van der Waals surface area contributed by atoms with Crippen LogP contribution in [0.1, 0.15) is 8.61 Å². The van der Waals surface area contributed by atoms with E-state index in [2.05, 4.69) is 69.1 Å². The molecule has 0 bridgehead atoms.